The molecule has 0 saturated heterocycles. The van der Waals surface area contributed by atoms with Gasteiger partial charge < -0.3 is 20.2 Å². The Hall–Kier alpha value is -1.33. The van der Waals surface area contributed by atoms with Crippen molar-refractivity contribution < 1.29 is 13.9 Å². The van der Waals surface area contributed by atoms with Gasteiger partial charge in [-0.25, -0.2) is 0 Å². The molecule has 0 aromatic carbocycles. The Morgan fingerprint density at radius 2 is 2.38 bits per heavy atom. The summed E-state index contributed by atoms with van der Waals surface area (Å²) in [5.41, 5.74) is 6.11. The van der Waals surface area contributed by atoms with Crippen LogP contribution in [0.1, 0.15) is 22.5 Å². The zero-order valence-corrected chi connectivity index (χ0v) is 9.49. The summed E-state index contributed by atoms with van der Waals surface area (Å²) in [6.45, 7) is 4.10. The average Bonchev–Trinajstić information content (AvgIpc) is 2.69. The van der Waals surface area contributed by atoms with Crippen molar-refractivity contribution in [3.63, 3.8) is 0 Å². The number of carbonyl (C=O) groups excluding carboxylic acids is 1. The molecule has 0 unspecified atom stereocenters. The van der Waals surface area contributed by atoms with Crippen molar-refractivity contribution >= 4 is 5.91 Å². The van der Waals surface area contributed by atoms with E-state index in [-0.39, 0.29) is 5.91 Å². The molecule has 0 atom stereocenters. The van der Waals surface area contributed by atoms with Crippen molar-refractivity contribution in [2.45, 2.75) is 13.3 Å². The summed E-state index contributed by atoms with van der Waals surface area (Å²) in [5, 5.41) is 2.76. The van der Waals surface area contributed by atoms with Crippen LogP contribution < -0.4 is 11.1 Å². The smallest absolute Gasteiger partial charge is 0.287 e. The predicted molar refractivity (Wildman–Crippen MR) is 60.3 cm³/mol. The molecule has 0 aliphatic rings. The normalized spacial score (nSPS) is 10.4. The van der Waals surface area contributed by atoms with Crippen molar-refractivity contribution in [1.82, 2.24) is 5.32 Å². The maximum atomic E-state index is 11.5. The Labute approximate surface area is 94.9 Å². The number of aryl methyl sites for hydroxylation is 1. The van der Waals surface area contributed by atoms with Crippen LogP contribution in [0.25, 0.3) is 0 Å². The van der Waals surface area contributed by atoms with Crippen molar-refractivity contribution in [2.75, 3.05) is 26.3 Å². The Morgan fingerprint density at radius 1 is 1.56 bits per heavy atom. The second-order valence-corrected chi connectivity index (χ2v) is 3.44. The van der Waals surface area contributed by atoms with Crippen molar-refractivity contribution in [1.29, 1.82) is 0 Å². The number of furan rings is 1. The van der Waals surface area contributed by atoms with E-state index in [0.29, 0.717) is 32.1 Å². The number of rotatable bonds is 7. The first-order valence-corrected chi connectivity index (χ1v) is 5.36. The third kappa shape index (κ3) is 4.04. The molecule has 0 radical (unpaired) electrons. The first kappa shape index (κ1) is 12.7. The van der Waals surface area contributed by atoms with Gasteiger partial charge in [-0.3, -0.25) is 4.79 Å². The van der Waals surface area contributed by atoms with Gasteiger partial charge in [0, 0.05) is 25.3 Å². The lowest BCUT2D eigenvalue weighted by molar-refractivity contribution is 0.0915. The zero-order chi connectivity index (χ0) is 11.8. The number of ether oxygens (including phenoxy) is 1. The maximum Gasteiger partial charge on any atom is 0.287 e. The number of amides is 1. The van der Waals surface area contributed by atoms with Gasteiger partial charge in [0.2, 0.25) is 0 Å². The van der Waals surface area contributed by atoms with Crippen LogP contribution in [0.15, 0.2) is 16.7 Å². The summed E-state index contributed by atoms with van der Waals surface area (Å²) in [4.78, 5) is 11.5. The molecule has 5 heteroatoms. The minimum Gasteiger partial charge on any atom is -0.459 e. The molecule has 1 amide bonds. The van der Waals surface area contributed by atoms with E-state index in [1.807, 2.05) is 6.92 Å². The van der Waals surface area contributed by atoms with Crippen molar-refractivity contribution in [2.24, 2.45) is 5.73 Å². The molecule has 1 rings (SSSR count). The third-order valence-electron chi connectivity index (χ3n) is 2.08. The quantitative estimate of drug-likeness (QED) is 0.670. The minimum absolute atomic E-state index is 0.179. The van der Waals surface area contributed by atoms with E-state index in [2.05, 4.69) is 5.32 Å². The highest BCUT2D eigenvalue weighted by Crippen LogP contribution is 2.07. The van der Waals surface area contributed by atoms with Gasteiger partial charge in [0.15, 0.2) is 5.76 Å². The fourth-order valence-corrected chi connectivity index (χ4v) is 1.25. The highest BCUT2D eigenvalue weighted by atomic mass is 16.5. The molecule has 1 aromatic rings. The lowest BCUT2D eigenvalue weighted by Gasteiger charge is -2.04. The van der Waals surface area contributed by atoms with E-state index in [0.717, 1.165) is 12.0 Å². The van der Waals surface area contributed by atoms with Gasteiger partial charge in [-0.15, -0.1) is 0 Å². The van der Waals surface area contributed by atoms with Crippen LogP contribution in [-0.4, -0.2) is 32.2 Å². The maximum absolute atomic E-state index is 11.5. The average molecular weight is 226 g/mol. The number of carbonyl (C=O) groups is 1. The van der Waals surface area contributed by atoms with Crippen LogP contribution in [0.4, 0.5) is 0 Å². The van der Waals surface area contributed by atoms with Crippen LogP contribution in [0, 0.1) is 6.92 Å². The van der Waals surface area contributed by atoms with Gasteiger partial charge in [0.25, 0.3) is 5.91 Å². The van der Waals surface area contributed by atoms with E-state index in [9.17, 15) is 4.79 Å². The molecule has 0 aliphatic heterocycles. The molecule has 5 nitrogen and oxygen atoms in total. The molecule has 0 aliphatic carbocycles. The van der Waals surface area contributed by atoms with E-state index in [4.69, 9.17) is 14.9 Å². The number of hydrogen-bond acceptors (Lipinski definition) is 4. The minimum atomic E-state index is -0.179. The monoisotopic (exact) mass is 226 g/mol. The van der Waals surface area contributed by atoms with Crippen LogP contribution in [0.2, 0.25) is 0 Å². The Balaban J connectivity index is 2.14. The molecule has 0 saturated carbocycles. The lowest BCUT2D eigenvalue weighted by Crippen LogP contribution is -2.25. The van der Waals surface area contributed by atoms with E-state index < -0.39 is 0 Å². The topological polar surface area (TPSA) is 77.5 Å². The number of hydrogen-bond donors (Lipinski definition) is 2. The van der Waals surface area contributed by atoms with Gasteiger partial charge in [0.05, 0.1) is 12.9 Å². The summed E-state index contributed by atoms with van der Waals surface area (Å²) in [7, 11) is 0. The predicted octanol–water partition coefficient (Wildman–Crippen LogP) is 0.683. The Morgan fingerprint density at radius 3 is 3.00 bits per heavy atom. The fourth-order valence-electron chi connectivity index (χ4n) is 1.25. The first-order valence-electron chi connectivity index (χ1n) is 5.36. The summed E-state index contributed by atoms with van der Waals surface area (Å²) in [6, 6.07) is 1.76. The molecule has 1 aromatic heterocycles. The van der Waals surface area contributed by atoms with Crippen LogP contribution in [0.3, 0.4) is 0 Å². The van der Waals surface area contributed by atoms with E-state index in [1.54, 1.807) is 6.07 Å². The van der Waals surface area contributed by atoms with Gasteiger partial charge >= 0.3 is 0 Å². The second kappa shape index (κ2) is 7.03. The Kier molecular flexibility index (Phi) is 5.60. The highest BCUT2D eigenvalue weighted by molar-refractivity contribution is 5.92. The van der Waals surface area contributed by atoms with E-state index in [1.165, 1.54) is 6.26 Å². The molecule has 1 heterocycles. The van der Waals surface area contributed by atoms with Gasteiger partial charge in [0.1, 0.15) is 0 Å². The number of nitrogens with one attached hydrogen (secondary N) is 1. The third-order valence-corrected chi connectivity index (χ3v) is 2.08. The summed E-state index contributed by atoms with van der Waals surface area (Å²) in [6.07, 6.45) is 2.28. The molecule has 90 valence electrons. The fraction of sp³-hybridized carbons (Fsp3) is 0.545. The van der Waals surface area contributed by atoms with Crippen LogP contribution in [-0.2, 0) is 4.74 Å². The molecular formula is C11H18N2O3. The molecule has 3 N–H and O–H groups in total. The SMILES string of the molecule is Cc1ccoc1C(=O)NCCCOCCN. The molecular weight excluding hydrogens is 208 g/mol. The van der Waals surface area contributed by atoms with Crippen molar-refractivity contribution in [3.05, 3.63) is 23.7 Å². The summed E-state index contributed by atoms with van der Waals surface area (Å²) < 4.78 is 10.2. The summed E-state index contributed by atoms with van der Waals surface area (Å²) in [5.74, 6) is 0.198. The second-order valence-electron chi connectivity index (χ2n) is 3.44. The van der Waals surface area contributed by atoms with Crippen LogP contribution in [0.5, 0.6) is 0 Å². The number of nitrogens with two attached hydrogens (primary N) is 1. The molecule has 0 spiro atoms. The largest absolute Gasteiger partial charge is 0.459 e. The summed E-state index contributed by atoms with van der Waals surface area (Å²) >= 11 is 0. The first-order chi connectivity index (χ1) is 7.75. The molecule has 16 heavy (non-hydrogen) atoms. The van der Waals surface area contributed by atoms with Gasteiger partial charge in [-0.05, 0) is 19.4 Å². The highest BCUT2D eigenvalue weighted by Gasteiger charge is 2.10. The lowest BCUT2D eigenvalue weighted by atomic mass is 10.2. The molecule has 0 fully saturated rings. The zero-order valence-electron chi connectivity index (χ0n) is 9.49. The standard InChI is InChI=1S/C11H18N2O3/c1-9-3-7-16-10(9)11(14)13-5-2-6-15-8-4-12/h3,7H,2,4-6,8,12H2,1H3,(H,13,14). The van der Waals surface area contributed by atoms with E-state index >= 15 is 0 Å². The van der Waals surface area contributed by atoms with Crippen LogP contribution >= 0.6 is 0 Å². The van der Waals surface area contributed by atoms with Gasteiger partial charge in [-0.2, -0.15) is 0 Å². The van der Waals surface area contributed by atoms with Crippen molar-refractivity contribution in [3.8, 4) is 0 Å². The molecule has 0 bridgehead atoms. The van der Waals surface area contributed by atoms with Gasteiger partial charge in [-0.1, -0.05) is 0 Å². The Bertz CT molecular complexity index is 323.